The van der Waals surface area contributed by atoms with E-state index in [1.807, 2.05) is 43.0 Å². The molecule has 1 aliphatic heterocycles. The van der Waals surface area contributed by atoms with Gasteiger partial charge in [0, 0.05) is 13.0 Å². The Labute approximate surface area is 120 Å². The van der Waals surface area contributed by atoms with Crippen molar-refractivity contribution in [2.45, 2.75) is 26.3 Å². The van der Waals surface area contributed by atoms with Gasteiger partial charge in [-0.05, 0) is 37.7 Å². The van der Waals surface area contributed by atoms with Crippen molar-refractivity contribution < 1.29 is 9.53 Å². The normalized spacial score (nSPS) is 20.7. The molecule has 4 heteroatoms. The number of amides is 1. The summed E-state index contributed by atoms with van der Waals surface area (Å²) in [5.41, 5.74) is 1.21. The van der Waals surface area contributed by atoms with Crippen LogP contribution in [0.3, 0.4) is 0 Å². The molecule has 1 aliphatic rings. The van der Waals surface area contributed by atoms with Gasteiger partial charge < -0.3 is 9.64 Å². The maximum Gasteiger partial charge on any atom is 0.223 e. The van der Waals surface area contributed by atoms with Crippen LogP contribution >= 0.6 is 12.6 Å². The Hall–Kier alpha value is -1.16. The summed E-state index contributed by atoms with van der Waals surface area (Å²) in [6, 6.07) is 8.09. The lowest BCUT2D eigenvalue weighted by Gasteiger charge is -2.24. The van der Waals surface area contributed by atoms with Gasteiger partial charge in [-0.2, -0.15) is 12.6 Å². The van der Waals surface area contributed by atoms with E-state index in [0.29, 0.717) is 18.9 Å². The van der Waals surface area contributed by atoms with Gasteiger partial charge in [0.25, 0.3) is 0 Å². The molecule has 2 atom stereocenters. The zero-order chi connectivity index (χ0) is 13.8. The molecular formula is C15H21NO2S. The second kappa shape index (κ2) is 6.33. The van der Waals surface area contributed by atoms with Crippen LogP contribution in [0.2, 0.25) is 0 Å². The SMILES string of the molecule is Cc1ccc(OCC(C)N2CC(CS)CC2=O)cc1. The predicted octanol–water partition coefficient (Wildman–Crippen LogP) is 2.54. The van der Waals surface area contributed by atoms with Crippen molar-refractivity contribution in [3.05, 3.63) is 29.8 Å². The first kappa shape index (κ1) is 14.3. The van der Waals surface area contributed by atoms with E-state index in [9.17, 15) is 4.79 Å². The van der Waals surface area contributed by atoms with Crippen LogP contribution in [0.1, 0.15) is 18.9 Å². The molecule has 0 aromatic heterocycles. The molecule has 19 heavy (non-hydrogen) atoms. The van der Waals surface area contributed by atoms with E-state index in [1.165, 1.54) is 5.56 Å². The van der Waals surface area contributed by atoms with Gasteiger partial charge >= 0.3 is 0 Å². The van der Waals surface area contributed by atoms with Gasteiger partial charge in [0.05, 0.1) is 6.04 Å². The highest BCUT2D eigenvalue weighted by atomic mass is 32.1. The molecule has 0 spiro atoms. The molecule has 0 N–H and O–H groups in total. The number of carbonyl (C=O) groups is 1. The highest BCUT2D eigenvalue weighted by Gasteiger charge is 2.31. The molecule has 2 rings (SSSR count). The molecular weight excluding hydrogens is 258 g/mol. The van der Waals surface area contributed by atoms with Crippen molar-refractivity contribution in [3.63, 3.8) is 0 Å². The van der Waals surface area contributed by atoms with Gasteiger partial charge in [0.15, 0.2) is 0 Å². The summed E-state index contributed by atoms with van der Waals surface area (Å²) in [5.74, 6) is 2.24. The van der Waals surface area contributed by atoms with Gasteiger partial charge in [0.2, 0.25) is 5.91 Å². The molecule has 0 bridgehead atoms. The fraction of sp³-hybridized carbons (Fsp3) is 0.533. The van der Waals surface area contributed by atoms with E-state index in [1.54, 1.807) is 0 Å². The fourth-order valence-corrected chi connectivity index (χ4v) is 2.54. The van der Waals surface area contributed by atoms with Crippen molar-refractivity contribution in [1.29, 1.82) is 0 Å². The number of likely N-dealkylation sites (tertiary alicyclic amines) is 1. The number of thiol groups is 1. The number of nitrogens with zero attached hydrogens (tertiary/aromatic N) is 1. The predicted molar refractivity (Wildman–Crippen MR) is 79.8 cm³/mol. The van der Waals surface area contributed by atoms with Crippen molar-refractivity contribution in [1.82, 2.24) is 4.90 Å². The molecule has 104 valence electrons. The second-order valence-corrected chi connectivity index (χ2v) is 5.64. The fourth-order valence-electron chi connectivity index (χ4n) is 2.30. The first-order valence-electron chi connectivity index (χ1n) is 6.70. The maximum absolute atomic E-state index is 11.9. The quantitative estimate of drug-likeness (QED) is 0.839. The molecule has 1 amide bonds. The van der Waals surface area contributed by atoms with Crippen LogP contribution in [0, 0.1) is 12.8 Å². The third kappa shape index (κ3) is 3.66. The van der Waals surface area contributed by atoms with Crippen LogP contribution in [0.5, 0.6) is 5.75 Å². The van der Waals surface area contributed by atoms with Gasteiger partial charge in [-0.3, -0.25) is 4.79 Å². The largest absolute Gasteiger partial charge is 0.491 e. The van der Waals surface area contributed by atoms with Gasteiger partial charge in [-0.15, -0.1) is 0 Å². The summed E-state index contributed by atoms with van der Waals surface area (Å²) in [6.45, 7) is 5.43. The Balaban J connectivity index is 1.86. The van der Waals surface area contributed by atoms with Crippen LogP contribution in [-0.2, 0) is 4.79 Å². The minimum absolute atomic E-state index is 0.110. The lowest BCUT2D eigenvalue weighted by Crippen LogP contribution is -2.38. The zero-order valence-electron chi connectivity index (χ0n) is 11.5. The number of aryl methyl sites for hydroxylation is 1. The molecule has 1 aromatic carbocycles. The number of carbonyl (C=O) groups excluding carboxylic acids is 1. The summed E-state index contributed by atoms with van der Waals surface area (Å²) >= 11 is 4.27. The summed E-state index contributed by atoms with van der Waals surface area (Å²) in [7, 11) is 0. The third-order valence-electron chi connectivity index (χ3n) is 3.54. The third-order valence-corrected chi connectivity index (χ3v) is 4.06. The van der Waals surface area contributed by atoms with Crippen molar-refractivity contribution in [3.8, 4) is 5.75 Å². The van der Waals surface area contributed by atoms with Crippen LogP contribution in [-0.4, -0.2) is 35.8 Å². The highest BCUT2D eigenvalue weighted by molar-refractivity contribution is 7.80. The van der Waals surface area contributed by atoms with E-state index < -0.39 is 0 Å². The van der Waals surface area contributed by atoms with Gasteiger partial charge in [-0.1, -0.05) is 17.7 Å². The minimum atomic E-state index is 0.110. The lowest BCUT2D eigenvalue weighted by atomic mass is 10.1. The van der Waals surface area contributed by atoms with Crippen molar-refractivity contribution in [2.75, 3.05) is 18.9 Å². The Kier molecular flexibility index (Phi) is 4.75. The van der Waals surface area contributed by atoms with Crippen molar-refractivity contribution in [2.24, 2.45) is 5.92 Å². The van der Waals surface area contributed by atoms with Crippen LogP contribution in [0.4, 0.5) is 0 Å². The highest BCUT2D eigenvalue weighted by Crippen LogP contribution is 2.21. The molecule has 1 saturated heterocycles. The van der Waals surface area contributed by atoms with E-state index in [0.717, 1.165) is 18.0 Å². The molecule has 3 nitrogen and oxygen atoms in total. The number of benzene rings is 1. The van der Waals surface area contributed by atoms with E-state index in [4.69, 9.17) is 4.74 Å². The standard InChI is InChI=1S/C15H21NO2S/c1-11-3-5-14(6-4-11)18-9-12(2)16-8-13(10-19)7-15(16)17/h3-6,12-13,19H,7-10H2,1-2H3. The van der Waals surface area contributed by atoms with Crippen molar-refractivity contribution >= 4 is 18.5 Å². The molecule has 0 saturated carbocycles. The number of rotatable bonds is 5. The second-order valence-electron chi connectivity index (χ2n) is 5.27. The lowest BCUT2D eigenvalue weighted by molar-refractivity contribution is -0.129. The summed E-state index contributed by atoms with van der Waals surface area (Å²) in [5, 5.41) is 0. The van der Waals surface area contributed by atoms with Crippen LogP contribution in [0.25, 0.3) is 0 Å². The molecule has 1 aromatic rings. The average Bonchev–Trinajstić information content (AvgIpc) is 2.79. The minimum Gasteiger partial charge on any atom is -0.491 e. The maximum atomic E-state index is 11.9. The molecule has 2 unspecified atom stereocenters. The molecule has 0 aliphatic carbocycles. The van der Waals surface area contributed by atoms with Gasteiger partial charge in [-0.25, -0.2) is 0 Å². The number of ether oxygens (including phenoxy) is 1. The summed E-state index contributed by atoms with van der Waals surface area (Å²) < 4.78 is 5.74. The topological polar surface area (TPSA) is 29.5 Å². The summed E-state index contributed by atoms with van der Waals surface area (Å²) in [6.07, 6.45) is 0.623. The smallest absolute Gasteiger partial charge is 0.223 e. The monoisotopic (exact) mass is 279 g/mol. The van der Waals surface area contributed by atoms with Gasteiger partial charge in [0.1, 0.15) is 12.4 Å². The zero-order valence-corrected chi connectivity index (χ0v) is 12.4. The van der Waals surface area contributed by atoms with E-state index in [2.05, 4.69) is 12.6 Å². The molecule has 0 radical (unpaired) electrons. The van der Waals surface area contributed by atoms with Crippen LogP contribution in [0.15, 0.2) is 24.3 Å². The number of hydrogen-bond donors (Lipinski definition) is 1. The Morgan fingerprint density at radius 3 is 2.68 bits per heavy atom. The van der Waals surface area contributed by atoms with E-state index in [-0.39, 0.29) is 11.9 Å². The summed E-state index contributed by atoms with van der Waals surface area (Å²) in [4.78, 5) is 13.8. The Morgan fingerprint density at radius 1 is 1.42 bits per heavy atom. The average molecular weight is 279 g/mol. The first-order chi connectivity index (χ1) is 9.10. The Morgan fingerprint density at radius 2 is 2.11 bits per heavy atom. The Bertz CT molecular complexity index is 432. The molecule has 1 fully saturated rings. The van der Waals surface area contributed by atoms with E-state index >= 15 is 0 Å². The molecule has 1 heterocycles. The number of hydrogen-bond acceptors (Lipinski definition) is 3. The first-order valence-corrected chi connectivity index (χ1v) is 7.33. The van der Waals surface area contributed by atoms with Crippen LogP contribution < -0.4 is 4.74 Å².